The van der Waals surface area contributed by atoms with Gasteiger partial charge in [-0.3, -0.25) is 0 Å². The number of nitrogens with zero attached hydrogens (tertiary/aromatic N) is 1. The molecule has 3 aromatic carbocycles. The number of aromatic nitrogens is 1. The van der Waals surface area contributed by atoms with Crippen LogP contribution in [0.5, 0.6) is 11.5 Å². The Balaban J connectivity index is 0.00000228. The number of carboxylic acids is 1. The van der Waals surface area contributed by atoms with Crippen molar-refractivity contribution < 1.29 is 102 Å². The van der Waals surface area contributed by atoms with E-state index in [1.54, 1.807) is 39.1 Å². The van der Waals surface area contributed by atoms with Crippen molar-refractivity contribution in [1.82, 2.24) is 0 Å². The van der Waals surface area contributed by atoms with Crippen molar-refractivity contribution in [2.24, 2.45) is 7.05 Å². The summed E-state index contributed by atoms with van der Waals surface area (Å²) in [6.07, 6.45) is 0. The summed E-state index contributed by atoms with van der Waals surface area (Å²) in [5.74, 6) is -1.85. The van der Waals surface area contributed by atoms with Crippen LogP contribution in [0.1, 0.15) is 31.8 Å². The van der Waals surface area contributed by atoms with E-state index in [0.717, 1.165) is 0 Å². The number of hydrogen-bond donors (Lipinski definition) is 1. The number of aromatic carboxylic acids is 1. The minimum atomic E-state index is -5.32. The Hall–Kier alpha value is -1.78. The van der Waals surface area contributed by atoms with Crippen LogP contribution in [0.2, 0.25) is 0 Å². The first-order chi connectivity index (χ1) is 16.0. The zero-order valence-corrected chi connectivity index (χ0v) is 25.3. The van der Waals surface area contributed by atoms with Crippen LogP contribution in [-0.4, -0.2) is 17.0 Å². The predicted molar refractivity (Wildman–Crippen MR) is 119 cm³/mol. The van der Waals surface area contributed by atoms with Gasteiger partial charge in [-0.15, -0.1) is 0 Å². The second-order valence-electron chi connectivity index (χ2n) is 7.80. The monoisotopic (exact) mass is 526 g/mol. The molecule has 36 heavy (non-hydrogen) atoms. The molecule has 1 heterocycles. The number of carboxylic acid groups (broad SMARTS) is 1. The normalized spacial score (nSPS) is 10.9. The van der Waals surface area contributed by atoms with Gasteiger partial charge < -0.3 is 28.7 Å². The molecule has 0 amide bonds. The number of phosphoric ester groups is 1. The van der Waals surface area contributed by atoms with Gasteiger partial charge >= 0.3 is 71.1 Å². The minimum absolute atomic E-state index is 0. The number of fused-ring (bicyclic) bond motifs is 2. The van der Waals surface area contributed by atoms with Gasteiger partial charge in [-0.25, -0.2) is 9.59 Å². The third kappa shape index (κ3) is 6.19. The number of pyridine rings is 1. The summed E-state index contributed by atoms with van der Waals surface area (Å²) < 4.78 is 23.2. The van der Waals surface area contributed by atoms with Gasteiger partial charge in [0.2, 0.25) is 11.0 Å². The quantitative estimate of drug-likeness (QED) is 0.0708. The van der Waals surface area contributed by atoms with Gasteiger partial charge in [0.1, 0.15) is 26.4 Å². The topological polar surface area (TPSA) is 140 Å². The molecule has 4 rings (SSSR count). The van der Waals surface area contributed by atoms with Crippen molar-refractivity contribution in [3.63, 3.8) is 0 Å². The maximum Gasteiger partial charge on any atom is 1.00 e. The number of aryl methyl sites for hydroxylation is 3. The largest absolute Gasteiger partial charge is 1.00 e. The summed E-state index contributed by atoms with van der Waals surface area (Å²) in [6.45, 7) is 3.27. The van der Waals surface area contributed by atoms with E-state index in [0.29, 0.717) is 32.9 Å². The molecule has 0 aliphatic rings. The molecule has 0 aliphatic heterocycles. The number of carbonyl (C=O) groups is 2. The maximum atomic E-state index is 13.5. The second-order valence-corrected chi connectivity index (χ2v) is 8.88. The summed E-state index contributed by atoms with van der Waals surface area (Å²) in [7, 11) is -3.53. The number of hydrogen-bond acceptors (Lipinski definition) is 7. The van der Waals surface area contributed by atoms with Gasteiger partial charge in [0.25, 0.3) is 0 Å². The molecule has 9 nitrogen and oxygen atoms in total. The molecule has 0 radical (unpaired) electrons. The molecule has 0 atom stereocenters. The third-order valence-corrected chi connectivity index (χ3v) is 5.89. The number of phosphoric acid groups is 1. The summed E-state index contributed by atoms with van der Waals surface area (Å²) >= 11 is 0. The molecule has 12 heteroatoms. The molecule has 0 saturated heterocycles. The number of rotatable bonds is 5. The Bertz CT molecular complexity index is 1530. The fourth-order valence-corrected chi connectivity index (χ4v) is 4.42. The number of carbonyl (C=O) groups excluding carboxylic acids is 1. The minimum Gasteiger partial charge on any atom is -0.780 e. The van der Waals surface area contributed by atoms with Crippen molar-refractivity contribution in [3.05, 3.63) is 76.9 Å². The summed E-state index contributed by atoms with van der Waals surface area (Å²) in [4.78, 5) is 47.1. The Morgan fingerprint density at radius 1 is 0.917 bits per heavy atom. The first kappa shape index (κ1) is 30.4. The van der Waals surface area contributed by atoms with Crippen molar-refractivity contribution in [2.45, 2.75) is 13.8 Å². The van der Waals surface area contributed by atoms with Crippen molar-refractivity contribution in [2.75, 3.05) is 0 Å². The summed E-state index contributed by atoms with van der Waals surface area (Å²) in [5.41, 5.74) is 2.41. The van der Waals surface area contributed by atoms with Crippen molar-refractivity contribution >= 4 is 41.6 Å². The molecule has 1 aromatic heterocycles. The first-order valence-electron chi connectivity index (χ1n) is 10.1. The molecule has 4 aromatic rings. The SMILES string of the molecule is Cc1cc(C(=O)O)cc(C)c1OC(=O)c1c2ccccc2[n+](C)c2ccc(OP(=O)([O-])[O-])cc12.[Na+].[Na+]. The van der Waals surface area contributed by atoms with E-state index in [4.69, 9.17) is 4.74 Å². The predicted octanol–water partition coefficient (Wildman–Crippen LogP) is -3.43. The van der Waals surface area contributed by atoms with Gasteiger partial charge in [-0.2, -0.15) is 4.57 Å². The van der Waals surface area contributed by atoms with E-state index in [1.807, 2.05) is 16.7 Å². The van der Waals surface area contributed by atoms with Crippen LogP contribution in [0.4, 0.5) is 0 Å². The van der Waals surface area contributed by atoms with Gasteiger partial charge in [0.15, 0.2) is 0 Å². The average Bonchev–Trinajstić information content (AvgIpc) is 2.75. The number of ether oxygens (including phenoxy) is 1. The van der Waals surface area contributed by atoms with E-state index in [1.165, 1.54) is 24.3 Å². The summed E-state index contributed by atoms with van der Waals surface area (Å²) in [5, 5.41) is 10.1. The zero-order chi connectivity index (χ0) is 24.8. The maximum absolute atomic E-state index is 13.5. The van der Waals surface area contributed by atoms with Crippen LogP contribution < -0.4 is 82.7 Å². The van der Waals surface area contributed by atoms with Gasteiger partial charge in [0, 0.05) is 12.1 Å². The van der Waals surface area contributed by atoms with E-state index < -0.39 is 19.8 Å². The fraction of sp³-hybridized carbons (Fsp3) is 0.125. The molecule has 0 bridgehead atoms. The Morgan fingerprint density at radius 2 is 1.50 bits per heavy atom. The van der Waals surface area contributed by atoms with E-state index in [2.05, 4.69) is 4.52 Å². The Morgan fingerprint density at radius 3 is 2.08 bits per heavy atom. The molecule has 0 fully saturated rings. The van der Waals surface area contributed by atoms with E-state index >= 15 is 0 Å². The smallest absolute Gasteiger partial charge is 0.780 e. The average molecular weight is 526 g/mol. The molecule has 1 N–H and O–H groups in total. The van der Waals surface area contributed by atoms with Crippen LogP contribution in [0.25, 0.3) is 21.8 Å². The Labute approximate surface area is 250 Å². The molecule has 0 aliphatic carbocycles. The zero-order valence-electron chi connectivity index (χ0n) is 20.4. The van der Waals surface area contributed by atoms with Crippen LogP contribution >= 0.6 is 7.82 Å². The van der Waals surface area contributed by atoms with Crippen molar-refractivity contribution in [3.8, 4) is 11.5 Å². The van der Waals surface area contributed by atoms with Crippen LogP contribution in [0.3, 0.4) is 0 Å². The molecular formula is C24H19NNa2O8P+. The van der Waals surface area contributed by atoms with Gasteiger partial charge in [-0.1, -0.05) is 12.1 Å². The third-order valence-electron chi connectivity index (χ3n) is 5.46. The van der Waals surface area contributed by atoms with Crippen molar-refractivity contribution in [1.29, 1.82) is 0 Å². The standard InChI is InChI=1S/C24H20NO8P.2Na/c1-13-10-15(23(26)27)11-14(2)22(13)32-24(28)21-17-6-4-5-7-19(17)25(3)20-9-8-16(12-18(20)21)33-34(29,30)31;;/h4-12H,1-3H3,(H2-,26,27,29,30,31);;/q;2*+1/p-1. The second kappa shape index (κ2) is 11.7. The van der Waals surface area contributed by atoms with Crippen LogP contribution in [0, 0.1) is 13.8 Å². The molecule has 0 saturated carbocycles. The Kier molecular flexibility index (Phi) is 9.92. The first-order valence-corrected chi connectivity index (χ1v) is 11.5. The molecular weight excluding hydrogens is 507 g/mol. The van der Waals surface area contributed by atoms with Crippen LogP contribution in [-0.2, 0) is 11.6 Å². The molecule has 174 valence electrons. The van der Waals surface area contributed by atoms with Gasteiger partial charge in [-0.05, 0) is 55.3 Å². The fourth-order valence-electron chi connectivity index (χ4n) is 4.04. The van der Waals surface area contributed by atoms with Crippen LogP contribution in [0.15, 0.2) is 54.6 Å². The molecule has 0 spiro atoms. The molecule has 0 unspecified atom stereocenters. The number of benzene rings is 3. The van der Waals surface area contributed by atoms with E-state index in [-0.39, 0.29) is 81.7 Å². The van der Waals surface area contributed by atoms with Gasteiger partial charge in [0.05, 0.1) is 21.9 Å². The number of para-hydroxylation sites is 1. The van der Waals surface area contributed by atoms with E-state index in [9.17, 15) is 29.0 Å². The number of esters is 1. The summed E-state index contributed by atoms with van der Waals surface area (Å²) in [6, 6.07) is 14.1.